The number of amides is 4. The highest BCUT2D eigenvalue weighted by atomic mass is 16.2. The molecule has 2 rings (SSSR count). The van der Waals surface area contributed by atoms with Crippen LogP contribution >= 0.6 is 0 Å². The number of rotatable bonds is 2. The van der Waals surface area contributed by atoms with Crippen LogP contribution in [0.15, 0.2) is 0 Å². The first-order valence-corrected chi connectivity index (χ1v) is 6.22. The first-order chi connectivity index (χ1) is 8.03. The van der Waals surface area contributed by atoms with Gasteiger partial charge < -0.3 is 0 Å². The SMILES string of the molecule is CCC(C)N1C(=O)NC(=O)C2(CCCC2)C1=O. The van der Waals surface area contributed by atoms with Crippen LogP contribution in [0, 0.1) is 5.41 Å². The normalized spacial score (nSPS) is 25.3. The Morgan fingerprint density at radius 2 is 1.88 bits per heavy atom. The maximum absolute atomic E-state index is 12.4. The molecule has 1 saturated carbocycles. The topological polar surface area (TPSA) is 66.5 Å². The van der Waals surface area contributed by atoms with Crippen molar-refractivity contribution in [3.8, 4) is 0 Å². The molecule has 0 aromatic rings. The van der Waals surface area contributed by atoms with Gasteiger partial charge in [-0.25, -0.2) is 4.79 Å². The summed E-state index contributed by atoms with van der Waals surface area (Å²) in [6.07, 6.45) is 3.59. The Hall–Kier alpha value is -1.39. The molecule has 1 unspecified atom stereocenters. The van der Waals surface area contributed by atoms with Gasteiger partial charge in [0.25, 0.3) is 0 Å². The van der Waals surface area contributed by atoms with Crippen molar-refractivity contribution in [2.24, 2.45) is 5.41 Å². The van der Waals surface area contributed by atoms with Gasteiger partial charge in [-0.2, -0.15) is 0 Å². The Kier molecular flexibility index (Phi) is 2.93. The Labute approximate surface area is 101 Å². The summed E-state index contributed by atoms with van der Waals surface area (Å²) in [5.74, 6) is -0.692. The summed E-state index contributed by atoms with van der Waals surface area (Å²) in [4.78, 5) is 37.3. The average molecular weight is 238 g/mol. The molecular weight excluding hydrogens is 220 g/mol. The number of carbonyl (C=O) groups is 3. The smallest absolute Gasteiger partial charge is 0.277 e. The van der Waals surface area contributed by atoms with E-state index in [9.17, 15) is 14.4 Å². The van der Waals surface area contributed by atoms with Crippen LogP contribution in [0.4, 0.5) is 4.79 Å². The third kappa shape index (κ3) is 1.64. The summed E-state index contributed by atoms with van der Waals surface area (Å²) in [6, 6.07) is -0.722. The molecule has 1 atom stereocenters. The molecular formula is C12H18N2O3. The zero-order chi connectivity index (χ0) is 12.6. The molecule has 0 radical (unpaired) electrons. The second-order valence-corrected chi connectivity index (χ2v) is 4.98. The highest BCUT2D eigenvalue weighted by molar-refractivity contribution is 6.19. The molecule has 5 heteroatoms. The van der Waals surface area contributed by atoms with Crippen molar-refractivity contribution in [2.45, 2.75) is 52.0 Å². The molecule has 1 N–H and O–H groups in total. The lowest BCUT2D eigenvalue weighted by atomic mass is 9.81. The first kappa shape index (κ1) is 12.1. The Morgan fingerprint density at radius 3 is 2.41 bits per heavy atom. The number of barbiturate groups is 1. The minimum absolute atomic E-state index is 0.159. The second-order valence-electron chi connectivity index (χ2n) is 4.98. The number of urea groups is 1. The summed E-state index contributed by atoms with van der Waals surface area (Å²) in [7, 11) is 0. The monoisotopic (exact) mass is 238 g/mol. The number of carbonyl (C=O) groups excluding carboxylic acids is 3. The van der Waals surface area contributed by atoms with Gasteiger partial charge in [0.1, 0.15) is 5.41 Å². The van der Waals surface area contributed by atoms with Crippen molar-refractivity contribution < 1.29 is 14.4 Å². The standard InChI is InChI=1S/C12H18N2O3/c1-3-8(2)14-10(16)12(6-4-5-7-12)9(15)13-11(14)17/h8H,3-7H2,1-2H3,(H,13,15,17). The van der Waals surface area contributed by atoms with E-state index in [1.165, 1.54) is 4.90 Å². The van der Waals surface area contributed by atoms with Crippen molar-refractivity contribution in [3.63, 3.8) is 0 Å². The van der Waals surface area contributed by atoms with Gasteiger partial charge in [0, 0.05) is 6.04 Å². The van der Waals surface area contributed by atoms with E-state index in [1.54, 1.807) is 0 Å². The molecule has 0 bridgehead atoms. The van der Waals surface area contributed by atoms with Gasteiger partial charge in [-0.05, 0) is 26.2 Å². The number of nitrogens with one attached hydrogen (secondary N) is 1. The maximum atomic E-state index is 12.4. The molecule has 94 valence electrons. The first-order valence-electron chi connectivity index (χ1n) is 6.22. The second kappa shape index (κ2) is 4.13. The van der Waals surface area contributed by atoms with Crippen LogP contribution in [0.3, 0.4) is 0 Å². The summed E-state index contributed by atoms with van der Waals surface area (Å²) >= 11 is 0. The summed E-state index contributed by atoms with van der Waals surface area (Å²) < 4.78 is 0. The van der Waals surface area contributed by atoms with Gasteiger partial charge in [0.2, 0.25) is 11.8 Å². The van der Waals surface area contributed by atoms with Crippen molar-refractivity contribution in [3.05, 3.63) is 0 Å². The number of imide groups is 2. The summed E-state index contributed by atoms with van der Waals surface area (Å²) in [5, 5.41) is 2.34. The van der Waals surface area contributed by atoms with Crippen molar-refractivity contribution >= 4 is 17.8 Å². The number of hydrogen-bond donors (Lipinski definition) is 1. The highest BCUT2D eigenvalue weighted by Gasteiger charge is 2.55. The lowest BCUT2D eigenvalue weighted by Crippen LogP contribution is -2.64. The summed E-state index contributed by atoms with van der Waals surface area (Å²) in [6.45, 7) is 3.75. The van der Waals surface area contributed by atoms with E-state index >= 15 is 0 Å². The van der Waals surface area contributed by atoms with E-state index < -0.39 is 17.4 Å². The molecule has 1 heterocycles. The van der Waals surface area contributed by atoms with Gasteiger partial charge in [-0.1, -0.05) is 19.8 Å². The third-order valence-corrected chi connectivity index (χ3v) is 3.99. The average Bonchev–Trinajstić information content (AvgIpc) is 2.77. The van der Waals surface area contributed by atoms with Crippen LogP contribution < -0.4 is 5.32 Å². The van der Waals surface area contributed by atoms with Gasteiger partial charge in [0.05, 0.1) is 0 Å². The van der Waals surface area contributed by atoms with Gasteiger partial charge in [-0.3, -0.25) is 19.8 Å². The maximum Gasteiger partial charge on any atom is 0.331 e. The third-order valence-electron chi connectivity index (χ3n) is 3.99. The zero-order valence-corrected chi connectivity index (χ0v) is 10.3. The molecule has 0 aromatic heterocycles. The van der Waals surface area contributed by atoms with Gasteiger partial charge in [0.15, 0.2) is 0 Å². The number of hydrogen-bond acceptors (Lipinski definition) is 3. The fraction of sp³-hybridized carbons (Fsp3) is 0.750. The van der Waals surface area contributed by atoms with E-state index in [4.69, 9.17) is 0 Å². The minimum Gasteiger partial charge on any atom is -0.277 e. The van der Waals surface area contributed by atoms with Crippen molar-refractivity contribution in [2.75, 3.05) is 0 Å². The van der Waals surface area contributed by atoms with Crippen molar-refractivity contribution in [1.82, 2.24) is 10.2 Å². The van der Waals surface area contributed by atoms with Crippen LogP contribution in [0.2, 0.25) is 0 Å². The van der Waals surface area contributed by atoms with Crippen LogP contribution in [-0.2, 0) is 9.59 Å². The molecule has 1 aliphatic carbocycles. The molecule has 2 aliphatic rings. The van der Waals surface area contributed by atoms with E-state index in [0.717, 1.165) is 12.8 Å². The summed E-state index contributed by atoms with van der Waals surface area (Å²) in [5.41, 5.74) is -0.961. The molecule has 17 heavy (non-hydrogen) atoms. The molecule has 2 fully saturated rings. The molecule has 1 aliphatic heterocycles. The van der Waals surface area contributed by atoms with Crippen LogP contribution in [0.1, 0.15) is 46.0 Å². The van der Waals surface area contributed by atoms with E-state index in [1.807, 2.05) is 13.8 Å². The Morgan fingerprint density at radius 1 is 1.29 bits per heavy atom. The minimum atomic E-state index is -0.961. The van der Waals surface area contributed by atoms with Crippen molar-refractivity contribution in [1.29, 1.82) is 0 Å². The van der Waals surface area contributed by atoms with Crippen LogP contribution in [0.5, 0.6) is 0 Å². The lowest BCUT2D eigenvalue weighted by molar-refractivity contribution is -0.152. The van der Waals surface area contributed by atoms with E-state index in [-0.39, 0.29) is 11.9 Å². The quantitative estimate of drug-likeness (QED) is 0.740. The number of nitrogens with zero attached hydrogens (tertiary/aromatic N) is 1. The molecule has 1 spiro atoms. The van der Waals surface area contributed by atoms with E-state index in [2.05, 4.69) is 5.32 Å². The lowest BCUT2D eigenvalue weighted by Gasteiger charge is -2.39. The molecule has 0 aromatic carbocycles. The fourth-order valence-corrected chi connectivity index (χ4v) is 2.70. The predicted octanol–water partition coefficient (Wildman–Crippen LogP) is 1.42. The van der Waals surface area contributed by atoms with Crippen LogP contribution in [-0.4, -0.2) is 28.8 Å². The van der Waals surface area contributed by atoms with Gasteiger partial charge >= 0.3 is 6.03 Å². The Balaban J connectivity index is 2.34. The zero-order valence-electron chi connectivity index (χ0n) is 10.3. The van der Waals surface area contributed by atoms with E-state index in [0.29, 0.717) is 19.3 Å². The fourth-order valence-electron chi connectivity index (χ4n) is 2.70. The largest absolute Gasteiger partial charge is 0.331 e. The molecule has 5 nitrogen and oxygen atoms in total. The molecule has 4 amide bonds. The Bertz CT molecular complexity index is 372. The highest BCUT2D eigenvalue weighted by Crippen LogP contribution is 2.42. The molecule has 1 saturated heterocycles. The van der Waals surface area contributed by atoms with Gasteiger partial charge in [-0.15, -0.1) is 0 Å². The van der Waals surface area contributed by atoms with Crippen LogP contribution in [0.25, 0.3) is 0 Å². The predicted molar refractivity (Wildman–Crippen MR) is 61.0 cm³/mol.